The lowest BCUT2D eigenvalue weighted by Crippen LogP contribution is -2.60. The molecule has 2 aromatic carbocycles. The van der Waals surface area contributed by atoms with Gasteiger partial charge in [-0.15, -0.1) is 0 Å². The number of amides is 1. The first-order valence-electron chi connectivity index (χ1n) is 12.7. The Hall–Kier alpha value is -2.69. The summed E-state index contributed by atoms with van der Waals surface area (Å²) in [7, 11) is -4.30. The topological polar surface area (TPSA) is 101 Å². The average molecular weight is 599 g/mol. The van der Waals surface area contributed by atoms with E-state index in [0.717, 1.165) is 12.8 Å². The maximum Gasteiger partial charge on any atom is 0.410 e. The van der Waals surface area contributed by atoms with Crippen LogP contribution in [0.25, 0.3) is 10.9 Å². The van der Waals surface area contributed by atoms with E-state index in [0.29, 0.717) is 46.9 Å². The van der Waals surface area contributed by atoms with Crippen molar-refractivity contribution in [3.63, 3.8) is 0 Å². The number of rotatable bonds is 5. The monoisotopic (exact) mass is 597 g/mol. The van der Waals surface area contributed by atoms with Gasteiger partial charge in [0.15, 0.2) is 11.6 Å². The molecule has 2 heterocycles. The van der Waals surface area contributed by atoms with E-state index in [1.54, 1.807) is 4.90 Å². The molecule has 1 aliphatic heterocycles. The molecule has 1 saturated heterocycles. The summed E-state index contributed by atoms with van der Waals surface area (Å²) in [4.78, 5) is 16.4. The van der Waals surface area contributed by atoms with E-state index < -0.39 is 26.3 Å². The number of benzene rings is 2. The van der Waals surface area contributed by atoms with Gasteiger partial charge in [-0.05, 0) is 70.7 Å². The van der Waals surface area contributed by atoms with E-state index in [4.69, 9.17) is 32.7 Å². The number of H-pyrrole nitrogens is 1. The van der Waals surface area contributed by atoms with Crippen molar-refractivity contribution in [2.24, 2.45) is 5.41 Å². The summed E-state index contributed by atoms with van der Waals surface area (Å²) in [6.07, 6.45) is 3.92. The molecule has 1 aliphatic carbocycles. The Morgan fingerprint density at radius 2 is 1.82 bits per heavy atom. The van der Waals surface area contributed by atoms with Crippen LogP contribution in [-0.2, 0) is 14.8 Å². The van der Waals surface area contributed by atoms with Crippen molar-refractivity contribution in [2.45, 2.75) is 63.1 Å². The zero-order valence-electron chi connectivity index (χ0n) is 21.8. The first-order valence-corrected chi connectivity index (χ1v) is 14.9. The predicted molar refractivity (Wildman–Crippen MR) is 149 cm³/mol. The van der Waals surface area contributed by atoms with Gasteiger partial charge in [-0.25, -0.2) is 17.6 Å². The van der Waals surface area contributed by atoms with Crippen LogP contribution in [0.2, 0.25) is 10.0 Å². The number of carbonyl (C=O) groups is 1. The van der Waals surface area contributed by atoms with Crippen LogP contribution in [0.15, 0.2) is 41.4 Å². The fraction of sp³-hybridized carbons (Fsp3) is 0.444. The van der Waals surface area contributed by atoms with Gasteiger partial charge < -0.3 is 19.4 Å². The maximum absolute atomic E-state index is 15.5. The summed E-state index contributed by atoms with van der Waals surface area (Å²) >= 11 is 12.4. The number of likely N-dealkylation sites (tertiary alicyclic amines) is 1. The minimum absolute atomic E-state index is 0.0229. The van der Waals surface area contributed by atoms with Crippen LogP contribution in [0.3, 0.4) is 0 Å². The summed E-state index contributed by atoms with van der Waals surface area (Å²) in [5.41, 5.74) is 0.0605. The largest absolute Gasteiger partial charge is 0.487 e. The molecule has 2 fully saturated rings. The number of hydrogen-bond donors (Lipinski definition) is 2. The van der Waals surface area contributed by atoms with Crippen molar-refractivity contribution >= 4 is 55.9 Å². The van der Waals surface area contributed by atoms with Crippen molar-refractivity contribution in [1.29, 1.82) is 0 Å². The molecule has 3 aromatic rings. The van der Waals surface area contributed by atoms with Gasteiger partial charge in [-0.2, -0.15) is 0 Å². The highest BCUT2D eigenvalue weighted by Crippen LogP contribution is 2.45. The molecule has 0 unspecified atom stereocenters. The van der Waals surface area contributed by atoms with Crippen molar-refractivity contribution in [3.05, 3.63) is 52.4 Å². The molecule has 0 bridgehead atoms. The van der Waals surface area contributed by atoms with Gasteiger partial charge in [0.2, 0.25) is 0 Å². The normalized spacial score (nSPS) is 17.7. The molecule has 2 N–H and O–H groups in total. The Kier molecular flexibility index (Phi) is 7.18. The summed E-state index contributed by atoms with van der Waals surface area (Å²) < 4.78 is 55.6. The molecule has 210 valence electrons. The molecule has 1 spiro atoms. The number of nitrogens with zero attached hydrogens (tertiary/aromatic N) is 1. The van der Waals surface area contributed by atoms with Gasteiger partial charge in [0.25, 0.3) is 10.0 Å². The minimum atomic E-state index is -4.30. The Balaban J connectivity index is 1.24. The second kappa shape index (κ2) is 10.1. The fourth-order valence-electron chi connectivity index (χ4n) is 5.28. The minimum Gasteiger partial charge on any atom is -0.487 e. The van der Waals surface area contributed by atoms with Crippen molar-refractivity contribution < 1.29 is 27.1 Å². The molecule has 39 heavy (non-hydrogen) atoms. The summed E-state index contributed by atoms with van der Waals surface area (Å²) in [6.45, 7) is 6.78. The first-order chi connectivity index (χ1) is 18.3. The molecule has 0 radical (unpaired) electrons. The Labute approximate surface area is 236 Å². The van der Waals surface area contributed by atoms with E-state index in [2.05, 4.69) is 9.71 Å². The number of ether oxygens (including phenoxy) is 2. The van der Waals surface area contributed by atoms with E-state index in [-0.39, 0.29) is 29.0 Å². The van der Waals surface area contributed by atoms with Crippen molar-refractivity contribution in [3.8, 4) is 5.75 Å². The van der Waals surface area contributed by atoms with Gasteiger partial charge in [-0.3, -0.25) is 4.72 Å². The average Bonchev–Trinajstić information content (AvgIpc) is 3.22. The highest BCUT2D eigenvalue weighted by atomic mass is 35.5. The van der Waals surface area contributed by atoms with Crippen LogP contribution in [0.1, 0.15) is 46.5 Å². The van der Waals surface area contributed by atoms with Crippen LogP contribution in [-0.4, -0.2) is 49.2 Å². The highest BCUT2D eigenvalue weighted by Gasteiger charge is 2.48. The van der Waals surface area contributed by atoms with E-state index >= 15 is 4.39 Å². The van der Waals surface area contributed by atoms with Crippen LogP contribution >= 0.6 is 23.2 Å². The standard InChI is InChI=1S/C27H30Cl2FN3O5S/c1-26(2,3)38-25(34)33-14-27(15-33)11-9-16(10-12-27)37-20-5-4-6-21(23(20)30)39(35,36)32-19-8-7-17(28)22-18(29)13-31-24(19)22/h4-8,13,16,31-32H,9-12,14-15H2,1-3H3. The maximum atomic E-state index is 15.5. The molecule has 1 amide bonds. The van der Waals surface area contributed by atoms with Gasteiger partial charge >= 0.3 is 6.09 Å². The molecule has 1 aromatic heterocycles. The van der Waals surface area contributed by atoms with Crippen LogP contribution in [0, 0.1) is 11.2 Å². The van der Waals surface area contributed by atoms with Gasteiger partial charge in [0.05, 0.1) is 27.4 Å². The van der Waals surface area contributed by atoms with E-state index in [9.17, 15) is 13.2 Å². The Bertz CT molecular complexity index is 1520. The third-order valence-electron chi connectivity index (χ3n) is 7.19. The second-order valence-electron chi connectivity index (χ2n) is 11.3. The Morgan fingerprint density at radius 3 is 2.49 bits per heavy atom. The zero-order valence-corrected chi connectivity index (χ0v) is 24.1. The molecule has 12 heteroatoms. The molecule has 0 atom stereocenters. The first kappa shape index (κ1) is 27.9. The number of sulfonamides is 1. The number of nitrogens with one attached hydrogen (secondary N) is 2. The molecule has 1 saturated carbocycles. The van der Waals surface area contributed by atoms with Crippen LogP contribution < -0.4 is 9.46 Å². The third kappa shape index (κ3) is 5.64. The fourth-order valence-corrected chi connectivity index (χ4v) is 7.00. The number of anilines is 1. The number of halogens is 3. The van der Waals surface area contributed by atoms with Crippen molar-refractivity contribution in [1.82, 2.24) is 9.88 Å². The number of fused-ring (bicyclic) bond motifs is 1. The summed E-state index contributed by atoms with van der Waals surface area (Å²) in [5, 5.41) is 1.16. The zero-order chi connectivity index (χ0) is 28.2. The molecule has 5 rings (SSSR count). The molecule has 8 nitrogen and oxygen atoms in total. The molecule has 2 aliphatic rings. The highest BCUT2D eigenvalue weighted by molar-refractivity contribution is 7.92. The number of aromatic amines is 1. The van der Waals surface area contributed by atoms with Crippen LogP contribution in [0.4, 0.5) is 14.9 Å². The van der Waals surface area contributed by atoms with E-state index in [1.165, 1.54) is 36.5 Å². The van der Waals surface area contributed by atoms with Crippen LogP contribution in [0.5, 0.6) is 5.75 Å². The SMILES string of the molecule is CC(C)(C)OC(=O)N1CC2(CCC(Oc3cccc(S(=O)(=O)Nc4ccc(Cl)c5c(Cl)c[nH]c45)c3F)CC2)C1. The lowest BCUT2D eigenvalue weighted by atomic mass is 9.68. The van der Waals surface area contributed by atoms with Gasteiger partial charge in [0, 0.05) is 30.1 Å². The third-order valence-corrected chi connectivity index (χ3v) is 9.19. The Morgan fingerprint density at radius 1 is 1.13 bits per heavy atom. The number of carbonyl (C=O) groups excluding carboxylic acids is 1. The lowest BCUT2D eigenvalue weighted by Gasteiger charge is -2.53. The smallest absolute Gasteiger partial charge is 0.410 e. The number of hydrogen-bond acceptors (Lipinski definition) is 5. The predicted octanol–water partition coefficient (Wildman–Crippen LogP) is 6.97. The molecular weight excluding hydrogens is 568 g/mol. The summed E-state index contributed by atoms with van der Waals surface area (Å²) in [6, 6.07) is 7.06. The van der Waals surface area contributed by atoms with Crippen molar-refractivity contribution in [2.75, 3.05) is 17.8 Å². The second-order valence-corrected chi connectivity index (χ2v) is 13.8. The van der Waals surface area contributed by atoms with E-state index in [1.807, 2.05) is 20.8 Å². The molecular formula is C27H30Cl2FN3O5S. The summed E-state index contributed by atoms with van der Waals surface area (Å²) in [5.74, 6) is -1.08. The number of aromatic nitrogens is 1. The van der Waals surface area contributed by atoms with Gasteiger partial charge in [-0.1, -0.05) is 29.3 Å². The quantitative estimate of drug-likeness (QED) is 0.330. The van der Waals surface area contributed by atoms with Gasteiger partial charge in [0.1, 0.15) is 10.5 Å². The lowest BCUT2D eigenvalue weighted by molar-refractivity contribution is -0.0610.